The number of sulfone groups is 1. The van der Waals surface area contributed by atoms with E-state index in [1.54, 1.807) is 24.0 Å². The summed E-state index contributed by atoms with van der Waals surface area (Å²) in [5.74, 6) is 0.314. The molecule has 0 amide bonds. The minimum absolute atomic E-state index is 0.128. The number of hydrogen-bond donors (Lipinski definition) is 1. The van der Waals surface area contributed by atoms with Crippen LogP contribution in [0.25, 0.3) is 0 Å². The molecule has 0 saturated heterocycles. The molecule has 0 saturated carbocycles. The number of imidazole rings is 1. The average Bonchev–Trinajstić information content (AvgIpc) is 2.63. The Balaban J connectivity index is 2.70. The molecule has 0 aliphatic rings. The largest absolute Gasteiger partial charge is 0.332 e. The van der Waals surface area contributed by atoms with Gasteiger partial charge in [-0.3, -0.25) is 0 Å². The van der Waals surface area contributed by atoms with E-state index in [0.717, 1.165) is 5.69 Å². The van der Waals surface area contributed by atoms with Crippen molar-refractivity contribution in [3.05, 3.63) is 18.2 Å². The summed E-state index contributed by atoms with van der Waals surface area (Å²) < 4.78 is 24.4. The highest BCUT2D eigenvalue weighted by Gasteiger charge is 2.11. The quantitative estimate of drug-likeness (QED) is 0.792. The number of nitrogens with zero attached hydrogens (tertiary/aromatic N) is 2. The first-order valence-electron chi connectivity index (χ1n) is 4.92. The van der Waals surface area contributed by atoms with Crippen LogP contribution < -0.4 is 5.73 Å². The topological polar surface area (TPSA) is 78.0 Å². The maximum absolute atomic E-state index is 11.3. The van der Waals surface area contributed by atoms with Gasteiger partial charge in [-0.1, -0.05) is 6.92 Å². The van der Waals surface area contributed by atoms with Crippen LogP contribution >= 0.6 is 0 Å². The van der Waals surface area contributed by atoms with Crippen LogP contribution in [0, 0.1) is 0 Å². The standard InChI is InChI=1S/C9H17N3O2S/c1-3-15(13,14)5-4-12-7-11-6-9(12)8(2)10/h6-8H,3-5,10H2,1-2H3/t8-/m0/s1. The van der Waals surface area contributed by atoms with Gasteiger partial charge in [0.2, 0.25) is 0 Å². The molecular formula is C9H17N3O2S. The third-order valence-electron chi connectivity index (χ3n) is 2.29. The molecule has 0 fully saturated rings. The van der Waals surface area contributed by atoms with Gasteiger partial charge in [0, 0.05) is 24.5 Å². The molecule has 1 aromatic heterocycles. The third-order valence-corrected chi connectivity index (χ3v) is 3.98. The van der Waals surface area contributed by atoms with E-state index in [4.69, 9.17) is 5.73 Å². The molecule has 1 heterocycles. The highest BCUT2D eigenvalue weighted by atomic mass is 32.2. The van der Waals surface area contributed by atoms with Crippen LogP contribution in [0.15, 0.2) is 12.5 Å². The first kappa shape index (κ1) is 12.2. The Morgan fingerprint density at radius 2 is 2.27 bits per heavy atom. The second kappa shape index (κ2) is 4.76. The number of aryl methyl sites for hydroxylation is 1. The summed E-state index contributed by atoms with van der Waals surface area (Å²) in [6.45, 7) is 3.92. The highest BCUT2D eigenvalue weighted by Crippen LogP contribution is 2.08. The lowest BCUT2D eigenvalue weighted by Gasteiger charge is -2.10. The van der Waals surface area contributed by atoms with Gasteiger partial charge in [-0.2, -0.15) is 0 Å². The van der Waals surface area contributed by atoms with Crippen molar-refractivity contribution in [2.24, 2.45) is 5.73 Å². The van der Waals surface area contributed by atoms with Crippen LogP contribution in [0.3, 0.4) is 0 Å². The number of rotatable bonds is 5. The van der Waals surface area contributed by atoms with Gasteiger partial charge in [0.15, 0.2) is 9.84 Å². The minimum Gasteiger partial charge on any atom is -0.332 e. The molecule has 0 aliphatic carbocycles. The van der Waals surface area contributed by atoms with Gasteiger partial charge in [-0.25, -0.2) is 13.4 Å². The average molecular weight is 231 g/mol. The lowest BCUT2D eigenvalue weighted by Crippen LogP contribution is -2.18. The van der Waals surface area contributed by atoms with E-state index < -0.39 is 9.84 Å². The zero-order valence-electron chi connectivity index (χ0n) is 9.05. The summed E-state index contributed by atoms with van der Waals surface area (Å²) in [6.07, 6.45) is 3.28. The predicted octanol–water partition coefficient (Wildman–Crippen LogP) is 0.337. The lowest BCUT2D eigenvalue weighted by atomic mass is 10.3. The van der Waals surface area contributed by atoms with Gasteiger partial charge in [0.1, 0.15) is 0 Å². The van der Waals surface area contributed by atoms with Crippen LogP contribution in [-0.4, -0.2) is 29.5 Å². The van der Waals surface area contributed by atoms with Crippen molar-refractivity contribution in [1.29, 1.82) is 0 Å². The van der Waals surface area contributed by atoms with Gasteiger partial charge >= 0.3 is 0 Å². The van der Waals surface area contributed by atoms with E-state index in [1.165, 1.54) is 0 Å². The van der Waals surface area contributed by atoms with E-state index in [-0.39, 0.29) is 17.5 Å². The fourth-order valence-electron chi connectivity index (χ4n) is 1.28. The molecule has 1 atom stereocenters. The van der Waals surface area contributed by atoms with Crippen molar-refractivity contribution in [3.63, 3.8) is 0 Å². The summed E-state index contributed by atoms with van der Waals surface area (Å²) >= 11 is 0. The molecule has 5 nitrogen and oxygen atoms in total. The summed E-state index contributed by atoms with van der Waals surface area (Å²) in [5, 5.41) is 0. The maximum atomic E-state index is 11.3. The molecule has 0 radical (unpaired) electrons. The summed E-state index contributed by atoms with van der Waals surface area (Å²) in [4.78, 5) is 3.96. The van der Waals surface area contributed by atoms with Gasteiger partial charge in [0.25, 0.3) is 0 Å². The third kappa shape index (κ3) is 3.32. The molecule has 0 aromatic carbocycles. The van der Waals surface area contributed by atoms with Crippen molar-refractivity contribution in [3.8, 4) is 0 Å². The molecule has 2 N–H and O–H groups in total. The van der Waals surface area contributed by atoms with Crippen LogP contribution in [0.5, 0.6) is 0 Å². The van der Waals surface area contributed by atoms with Crippen LogP contribution in [0.1, 0.15) is 25.6 Å². The molecule has 0 spiro atoms. The van der Waals surface area contributed by atoms with E-state index in [9.17, 15) is 8.42 Å². The van der Waals surface area contributed by atoms with E-state index >= 15 is 0 Å². The van der Waals surface area contributed by atoms with Gasteiger partial charge in [-0.05, 0) is 6.92 Å². The van der Waals surface area contributed by atoms with E-state index in [1.807, 2.05) is 6.92 Å². The van der Waals surface area contributed by atoms with Crippen molar-refractivity contribution >= 4 is 9.84 Å². The summed E-state index contributed by atoms with van der Waals surface area (Å²) in [6, 6.07) is -0.128. The van der Waals surface area contributed by atoms with Gasteiger partial charge in [-0.15, -0.1) is 0 Å². The first-order valence-corrected chi connectivity index (χ1v) is 6.74. The Bertz CT molecular complexity index is 409. The fourth-order valence-corrected chi connectivity index (χ4v) is 2.04. The van der Waals surface area contributed by atoms with E-state index in [0.29, 0.717) is 6.54 Å². The zero-order valence-corrected chi connectivity index (χ0v) is 9.87. The van der Waals surface area contributed by atoms with Crippen molar-refractivity contribution in [2.45, 2.75) is 26.4 Å². The molecule has 15 heavy (non-hydrogen) atoms. The Morgan fingerprint density at radius 3 is 2.80 bits per heavy atom. The highest BCUT2D eigenvalue weighted by molar-refractivity contribution is 7.91. The van der Waals surface area contributed by atoms with E-state index in [2.05, 4.69) is 4.98 Å². The number of hydrogen-bond acceptors (Lipinski definition) is 4. The molecule has 1 rings (SSSR count). The monoisotopic (exact) mass is 231 g/mol. The Morgan fingerprint density at radius 1 is 1.60 bits per heavy atom. The molecule has 1 aromatic rings. The molecule has 6 heteroatoms. The number of aromatic nitrogens is 2. The Hall–Kier alpha value is -0.880. The molecule has 86 valence electrons. The Kier molecular flexibility index (Phi) is 3.87. The van der Waals surface area contributed by atoms with Crippen LogP contribution in [0.4, 0.5) is 0 Å². The van der Waals surface area contributed by atoms with Gasteiger partial charge < -0.3 is 10.3 Å². The predicted molar refractivity (Wildman–Crippen MR) is 59.2 cm³/mol. The SMILES string of the molecule is CCS(=O)(=O)CCn1cncc1[C@H](C)N. The van der Waals surface area contributed by atoms with Crippen LogP contribution in [-0.2, 0) is 16.4 Å². The van der Waals surface area contributed by atoms with Crippen molar-refractivity contribution in [1.82, 2.24) is 9.55 Å². The normalized spacial score (nSPS) is 14.1. The minimum atomic E-state index is -2.93. The first-order chi connectivity index (χ1) is 6.96. The van der Waals surface area contributed by atoms with Crippen LogP contribution in [0.2, 0.25) is 0 Å². The Labute approximate surface area is 90.2 Å². The number of nitrogens with two attached hydrogens (primary N) is 1. The second-order valence-electron chi connectivity index (χ2n) is 3.54. The molecule has 0 bridgehead atoms. The zero-order chi connectivity index (χ0) is 11.5. The molecular weight excluding hydrogens is 214 g/mol. The smallest absolute Gasteiger partial charge is 0.151 e. The fraction of sp³-hybridized carbons (Fsp3) is 0.667. The maximum Gasteiger partial charge on any atom is 0.151 e. The van der Waals surface area contributed by atoms with Crippen molar-refractivity contribution < 1.29 is 8.42 Å². The second-order valence-corrected chi connectivity index (χ2v) is 6.01. The van der Waals surface area contributed by atoms with Gasteiger partial charge in [0.05, 0.1) is 17.8 Å². The lowest BCUT2D eigenvalue weighted by molar-refractivity contribution is 0.584. The van der Waals surface area contributed by atoms with Crippen molar-refractivity contribution in [2.75, 3.05) is 11.5 Å². The molecule has 0 aliphatic heterocycles. The molecule has 0 unspecified atom stereocenters. The summed E-state index contributed by atoms with van der Waals surface area (Å²) in [7, 11) is -2.93. The summed E-state index contributed by atoms with van der Waals surface area (Å²) in [5.41, 5.74) is 6.58.